The molecule has 0 saturated carbocycles. The van der Waals surface area contributed by atoms with Gasteiger partial charge in [0.25, 0.3) is 0 Å². The number of para-hydroxylation sites is 1. The van der Waals surface area contributed by atoms with Crippen LogP contribution >= 0.6 is 11.8 Å². The van der Waals surface area contributed by atoms with Gasteiger partial charge in [-0.25, -0.2) is 9.37 Å². The lowest BCUT2D eigenvalue weighted by atomic mass is 10.1. The van der Waals surface area contributed by atoms with Gasteiger partial charge in [0.1, 0.15) is 16.9 Å². The molecule has 0 aliphatic heterocycles. The normalized spacial score (nSPS) is 10.5. The van der Waals surface area contributed by atoms with Gasteiger partial charge in [-0.3, -0.25) is 4.79 Å². The Labute approximate surface area is 145 Å². The zero-order chi connectivity index (χ0) is 17.5. The number of rotatable bonds is 6. The van der Waals surface area contributed by atoms with E-state index in [0.717, 1.165) is 5.69 Å². The molecule has 1 aromatic heterocycles. The van der Waals surface area contributed by atoms with Crippen LogP contribution < -0.4 is 5.32 Å². The van der Waals surface area contributed by atoms with E-state index in [1.807, 2.05) is 19.9 Å². The Morgan fingerprint density at radius 1 is 1.33 bits per heavy atom. The zero-order valence-electron chi connectivity index (χ0n) is 13.5. The van der Waals surface area contributed by atoms with E-state index in [2.05, 4.69) is 16.4 Å². The van der Waals surface area contributed by atoms with E-state index >= 15 is 0 Å². The maximum Gasteiger partial charge on any atom is 0.225 e. The molecule has 1 aromatic carbocycles. The van der Waals surface area contributed by atoms with Crippen molar-refractivity contribution in [2.75, 3.05) is 11.1 Å². The molecule has 2 rings (SSSR count). The molecule has 0 saturated heterocycles. The van der Waals surface area contributed by atoms with Crippen LogP contribution in [0.3, 0.4) is 0 Å². The van der Waals surface area contributed by atoms with Gasteiger partial charge >= 0.3 is 0 Å². The lowest BCUT2D eigenvalue weighted by Gasteiger charge is -2.09. The van der Waals surface area contributed by atoms with Crippen molar-refractivity contribution in [1.29, 1.82) is 5.26 Å². The minimum absolute atomic E-state index is 0.171. The highest BCUT2D eigenvalue weighted by Gasteiger charge is 2.11. The Bertz CT molecular complexity index is 771. The number of nitrogens with one attached hydrogen (secondary N) is 1. The minimum atomic E-state index is -0.462. The minimum Gasteiger partial charge on any atom is -0.324 e. The Balaban J connectivity index is 1.94. The first-order chi connectivity index (χ1) is 11.5. The Kier molecular flexibility index (Phi) is 6.33. The fraction of sp³-hybridized carbons (Fsp3) is 0.278. The van der Waals surface area contributed by atoms with Crippen molar-refractivity contribution in [3.8, 4) is 6.07 Å². The summed E-state index contributed by atoms with van der Waals surface area (Å²) in [6, 6.07) is 11.8. The third kappa shape index (κ3) is 4.80. The summed E-state index contributed by atoms with van der Waals surface area (Å²) in [5.74, 6) is -0.00657. The molecule has 0 fully saturated rings. The number of hydrogen-bond donors (Lipinski definition) is 1. The number of thioether (sulfide) groups is 1. The molecule has 1 N–H and O–H groups in total. The van der Waals surface area contributed by atoms with E-state index in [4.69, 9.17) is 5.26 Å². The first-order valence-electron chi connectivity index (χ1n) is 7.59. The highest BCUT2D eigenvalue weighted by atomic mass is 32.2. The third-order valence-corrected chi connectivity index (χ3v) is 4.30. The van der Waals surface area contributed by atoms with Gasteiger partial charge in [0.2, 0.25) is 5.91 Å². The number of amides is 1. The molecule has 0 spiro atoms. The number of benzene rings is 1. The molecule has 124 valence electrons. The summed E-state index contributed by atoms with van der Waals surface area (Å²) in [6.45, 7) is 4.06. The maximum atomic E-state index is 13.5. The monoisotopic (exact) mass is 343 g/mol. The summed E-state index contributed by atoms with van der Waals surface area (Å²) in [5.41, 5.74) is 1.58. The lowest BCUT2D eigenvalue weighted by Crippen LogP contribution is -2.13. The third-order valence-electron chi connectivity index (χ3n) is 3.31. The number of halogens is 1. The van der Waals surface area contributed by atoms with E-state index < -0.39 is 5.82 Å². The molecule has 0 bridgehead atoms. The average Bonchev–Trinajstić information content (AvgIpc) is 2.56. The van der Waals surface area contributed by atoms with Gasteiger partial charge in [-0.05, 0) is 30.2 Å². The van der Waals surface area contributed by atoms with Crippen LogP contribution in [0.4, 0.5) is 10.1 Å². The summed E-state index contributed by atoms with van der Waals surface area (Å²) in [6.07, 6.45) is 0.206. The predicted molar refractivity (Wildman–Crippen MR) is 93.4 cm³/mol. The highest BCUT2D eigenvalue weighted by molar-refractivity contribution is 7.99. The van der Waals surface area contributed by atoms with E-state index in [1.165, 1.54) is 23.9 Å². The smallest absolute Gasteiger partial charge is 0.225 e. The van der Waals surface area contributed by atoms with Gasteiger partial charge in [-0.1, -0.05) is 26.0 Å². The Morgan fingerprint density at radius 3 is 2.75 bits per heavy atom. The number of hydrogen-bond acceptors (Lipinski definition) is 4. The SMILES string of the molecule is CC(C)c1ccc(C#N)c(SCCC(=O)Nc2ccccc2F)n1. The number of anilines is 1. The molecular weight excluding hydrogens is 325 g/mol. The second kappa shape index (κ2) is 8.46. The predicted octanol–water partition coefficient (Wildman–Crippen LogP) is 4.34. The van der Waals surface area contributed by atoms with E-state index in [0.29, 0.717) is 16.3 Å². The second-order valence-electron chi connectivity index (χ2n) is 5.48. The Hall–Kier alpha value is -2.39. The van der Waals surface area contributed by atoms with Crippen molar-refractivity contribution in [3.63, 3.8) is 0 Å². The van der Waals surface area contributed by atoms with Crippen LogP contribution in [0, 0.1) is 17.1 Å². The van der Waals surface area contributed by atoms with Gasteiger partial charge in [-0.15, -0.1) is 11.8 Å². The quantitative estimate of drug-likeness (QED) is 0.793. The van der Waals surface area contributed by atoms with E-state index in [-0.39, 0.29) is 23.9 Å². The standard InChI is InChI=1S/C18H18FN3OS/c1-12(2)15-8-7-13(11-20)18(22-15)24-10-9-17(23)21-16-6-4-3-5-14(16)19/h3-8,12H,9-10H2,1-2H3,(H,21,23). The fourth-order valence-electron chi connectivity index (χ4n) is 1.99. The molecule has 6 heteroatoms. The maximum absolute atomic E-state index is 13.5. The van der Waals surface area contributed by atoms with Crippen molar-refractivity contribution >= 4 is 23.4 Å². The van der Waals surface area contributed by atoms with Crippen LogP contribution in [-0.2, 0) is 4.79 Å². The van der Waals surface area contributed by atoms with Gasteiger partial charge in [0.15, 0.2) is 0 Å². The molecule has 1 heterocycles. The summed E-state index contributed by atoms with van der Waals surface area (Å²) in [4.78, 5) is 16.4. The summed E-state index contributed by atoms with van der Waals surface area (Å²) in [5, 5.41) is 12.3. The molecular formula is C18H18FN3OS. The van der Waals surface area contributed by atoms with Crippen molar-refractivity contribution in [2.24, 2.45) is 0 Å². The lowest BCUT2D eigenvalue weighted by molar-refractivity contribution is -0.115. The van der Waals surface area contributed by atoms with E-state index in [1.54, 1.807) is 18.2 Å². The number of pyridine rings is 1. The number of aromatic nitrogens is 1. The average molecular weight is 343 g/mol. The van der Waals surface area contributed by atoms with Crippen molar-refractivity contribution in [3.05, 3.63) is 53.5 Å². The highest BCUT2D eigenvalue weighted by Crippen LogP contribution is 2.24. The molecule has 0 aliphatic carbocycles. The van der Waals surface area contributed by atoms with Crippen LogP contribution in [0.5, 0.6) is 0 Å². The van der Waals surface area contributed by atoms with Crippen molar-refractivity contribution in [2.45, 2.75) is 31.2 Å². The van der Waals surface area contributed by atoms with Crippen molar-refractivity contribution < 1.29 is 9.18 Å². The van der Waals surface area contributed by atoms with Gasteiger partial charge in [0, 0.05) is 17.9 Å². The molecule has 1 amide bonds. The van der Waals surface area contributed by atoms with Gasteiger partial charge < -0.3 is 5.32 Å². The molecule has 2 aromatic rings. The summed E-state index contributed by atoms with van der Waals surface area (Å²) >= 11 is 1.36. The number of nitrogens with zero attached hydrogens (tertiary/aromatic N) is 2. The molecule has 0 unspecified atom stereocenters. The van der Waals surface area contributed by atoms with Gasteiger partial charge in [-0.2, -0.15) is 5.26 Å². The van der Waals surface area contributed by atoms with Crippen LogP contribution in [0.25, 0.3) is 0 Å². The molecule has 24 heavy (non-hydrogen) atoms. The van der Waals surface area contributed by atoms with Crippen LogP contribution in [0.15, 0.2) is 41.4 Å². The molecule has 4 nitrogen and oxygen atoms in total. The number of carbonyl (C=O) groups excluding carboxylic acids is 1. The topological polar surface area (TPSA) is 65.8 Å². The van der Waals surface area contributed by atoms with E-state index in [9.17, 15) is 9.18 Å². The first-order valence-corrected chi connectivity index (χ1v) is 8.58. The zero-order valence-corrected chi connectivity index (χ0v) is 14.4. The Morgan fingerprint density at radius 2 is 2.08 bits per heavy atom. The number of carbonyl (C=O) groups is 1. The molecule has 0 radical (unpaired) electrons. The number of nitriles is 1. The van der Waals surface area contributed by atoms with Crippen LogP contribution in [0.2, 0.25) is 0 Å². The van der Waals surface area contributed by atoms with Crippen LogP contribution in [-0.4, -0.2) is 16.6 Å². The van der Waals surface area contributed by atoms with Gasteiger partial charge in [0.05, 0.1) is 11.3 Å². The fourth-order valence-corrected chi connectivity index (χ4v) is 2.91. The summed E-state index contributed by atoms with van der Waals surface area (Å²) in [7, 11) is 0. The van der Waals surface area contributed by atoms with Crippen LogP contribution in [0.1, 0.15) is 37.4 Å². The second-order valence-corrected chi connectivity index (χ2v) is 6.57. The largest absolute Gasteiger partial charge is 0.324 e. The summed E-state index contributed by atoms with van der Waals surface area (Å²) < 4.78 is 13.5. The first kappa shape index (κ1) is 18.0. The van der Waals surface area contributed by atoms with Crippen molar-refractivity contribution in [1.82, 2.24) is 4.98 Å². The molecule has 0 aliphatic rings. The molecule has 0 atom stereocenters.